The zero-order valence-electron chi connectivity index (χ0n) is 7.82. The molecule has 1 atom stereocenters. The minimum atomic E-state index is -0.813. The Bertz CT molecular complexity index is 143. The number of nitrogens with one attached hydrogen (secondary N) is 1. The van der Waals surface area contributed by atoms with E-state index >= 15 is 0 Å². The van der Waals surface area contributed by atoms with Crippen LogP contribution in [0.15, 0.2) is 0 Å². The van der Waals surface area contributed by atoms with Crippen molar-refractivity contribution in [2.75, 3.05) is 25.2 Å². The Balaban J connectivity index is 3.61. The van der Waals surface area contributed by atoms with Crippen LogP contribution in [0.1, 0.15) is 12.8 Å². The largest absolute Gasteiger partial charge is 0.480 e. The molecule has 0 saturated heterocycles. The van der Waals surface area contributed by atoms with Crippen LogP contribution in [-0.2, 0) is 4.79 Å². The molecule has 5 heteroatoms. The van der Waals surface area contributed by atoms with Crippen LogP contribution in [0.25, 0.3) is 0 Å². The molecule has 0 aliphatic carbocycles. The molecule has 0 saturated carbocycles. The summed E-state index contributed by atoms with van der Waals surface area (Å²) in [4.78, 5) is 10.7. The van der Waals surface area contributed by atoms with Gasteiger partial charge in [-0.1, -0.05) is 0 Å². The number of rotatable bonds is 8. The second-order valence-electron chi connectivity index (χ2n) is 2.70. The molecule has 0 aromatic heterocycles. The van der Waals surface area contributed by atoms with Crippen molar-refractivity contribution in [2.24, 2.45) is 0 Å². The number of carbonyl (C=O) groups is 1. The first-order chi connectivity index (χ1) is 6.22. The Labute approximate surface area is 82.7 Å². The Morgan fingerprint density at radius 3 is 2.77 bits per heavy atom. The van der Waals surface area contributed by atoms with Gasteiger partial charge in [0, 0.05) is 6.61 Å². The van der Waals surface area contributed by atoms with Crippen LogP contribution in [0, 0.1) is 0 Å². The number of hydrogen-bond donors (Lipinski definition) is 3. The Hall–Kier alpha value is -0.260. The van der Waals surface area contributed by atoms with E-state index < -0.39 is 12.0 Å². The smallest absolute Gasteiger partial charge is 0.320 e. The van der Waals surface area contributed by atoms with E-state index in [0.29, 0.717) is 19.4 Å². The molecular formula is C8H17NO3S. The monoisotopic (exact) mass is 207 g/mol. The van der Waals surface area contributed by atoms with Crippen molar-refractivity contribution in [1.29, 1.82) is 0 Å². The molecule has 0 heterocycles. The molecule has 0 fully saturated rings. The summed E-state index contributed by atoms with van der Waals surface area (Å²) < 4.78 is 0. The van der Waals surface area contributed by atoms with E-state index in [0.717, 1.165) is 5.75 Å². The molecule has 0 rings (SSSR count). The summed E-state index contributed by atoms with van der Waals surface area (Å²) in [6.45, 7) is 0.656. The molecule has 0 aliphatic heterocycles. The average molecular weight is 207 g/mol. The maximum absolute atomic E-state index is 10.7. The first-order valence-electron chi connectivity index (χ1n) is 4.28. The van der Waals surface area contributed by atoms with Gasteiger partial charge in [0.25, 0.3) is 0 Å². The lowest BCUT2D eigenvalue weighted by Crippen LogP contribution is -2.37. The highest BCUT2D eigenvalue weighted by Crippen LogP contribution is 2.00. The van der Waals surface area contributed by atoms with E-state index in [1.54, 1.807) is 11.8 Å². The average Bonchev–Trinajstić information content (AvgIpc) is 2.10. The van der Waals surface area contributed by atoms with Crippen LogP contribution in [0.5, 0.6) is 0 Å². The Morgan fingerprint density at radius 2 is 2.31 bits per heavy atom. The number of carboxylic acid groups (broad SMARTS) is 1. The quantitative estimate of drug-likeness (QED) is 0.495. The van der Waals surface area contributed by atoms with Crippen molar-refractivity contribution < 1.29 is 15.0 Å². The number of hydrogen-bond acceptors (Lipinski definition) is 4. The molecule has 0 radical (unpaired) electrons. The van der Waals surface area contributed by atoms with Crippen molar-refractivity contribution in [2.45, 2.75) is 18.9 Å². The van der Waals surface area contributed by atoms with Gasteiger partial charge in [-0.15, -0.1) is 0 Å². The van der Waals surface area contributed by atoms with Gasteiger partial charge in [-0.25, -0.2) is 0 Å². The standard InChI is InChI=1S/C8H17NO3S/c1-13-6-3-7(8(11)12)9-4-2-5-10/h7,9-10H,2-6H2,1H3,(H,11,12)/t7-/m0/s1. The van der Waals surface area contributed by atoms with Gasteiger partial charge in [0.15, 0.2) is 0 Å². The molecule has 0 aliphatic rings. The summed E-state index contributed by atoms with van der Waals surface area (Å²) in [5.74, 6) is 0.0234. The summed E-state index contributed by atoms with van der Waals surface area (Å²) in [6.07, 6.45) is 3.18. The van der Waals surface area contributed by atoms with Crippen LogP contribution in [0.4, 0.5) is 0 Å². The van der Waals surface area contributed by atoms with Crippen molar-refractivity contribution >= 4 is 17.7 Å². The van der Waals surface area contributed by atoms with E-state index in [1.165, 1.54) is 0 Å². The fraction of sp³-hybridized carbons (Fsp3) is 0.875. The lowest BCUT2D eigenvalue weighted by molar-refractivity contribution is -0.139. The summed E-state index contributed by atoms with van der Waals surface area (Å²) in [5, 5.41) is 20.1. The molecule has 78 valence electrons. The summed E-state index contributed by atoms with van der Waals surface area (Å²) in [6, 6.07) is -0.473. The normalized spacial score (nSPS) is 12.8. The third kappa shape index (κ3) is 6.86. The molecule has 0 unspecified atom stereocenters. The minimum Gasteiger partial charge on any atom is -0.480 e. The number of aliphatic hydroxyl groups is 1. The van der Waals surface area contributed by atoms with Crippen LogP contribution >= 0.6 is 11.8 Å². The molecule has 0 aromatic rings. The van der Waals surface area contributed by atoms with E-state index in [-0.39, 0.29) is 6.61 Å². The van der Waals surface area contributed by atoms with Crippen LogP contribution in [0.2, 0.25) is 0 Å². The molecule has 3 N–H and O–H groups in total. The zero-order chi connectivity index (χ0) is 10.1. The number of aliphatic carboxylic acids is 1. The predicted octanol–water partition coefficient (Wildman–Crippen LogP) is 0.165. The first kappa shape index (κ1) is 12.7. The highest BCUT2D eigenvalue weighted by atomic mass is 32.2. The second-order valence-corrected chi connectivity index (χ2v) is 3.69. The molecule has 0 amide bonds. The maximum atomic E-state index is 10.7. The molecule has 0 aromatic carbocycles. The van der Waals surface area contributed by atoms with Gasteiger partial charge < -0.3 is 15.5 Å². The number of carboxylic acids is 1. The molecule has 13 heavy (non-hydrogen) atoms. The predicted molar refractivity (Wildman–Crippen MR) is 54.1 cm³/mol. The number of thioether (sulfide) groups is 1. The molecule has 4 nitrogen and oxygen atoms in total. The third-order valence-electron chi connectivity index (χ3n) is 1.63. The highest BCUT2D eigenvalue weighted by Gasteiger charge is 2.14. The van der Waals surface area contributed by atoms with E-state index in [2.05, 4.69) is 5.32 Å². The van der Waals surface area contributed by atoms with E-state index in [9.17, 15) is 4.79 Å². The van der Waals surface area contributed by atoms with Gasteiger partial charge in [-0.3, -0.25) is 4.79 Å². The molecule has 0 spiro atoms. The van der Waals surface area contributed by atoms with Crippen LogP contribution < -0.4 is 5.32 Å². The molecular weight excluding hydrogens is 190 g/mol. The number of aliphatic hydroxyl groups excluding tert-OH is 1. The highest BCUT2D eigenvalue weighted by molar-refractivity contribution is 7.98. The van der Waals surface area contributed by atoms with Crippen LogP contribution in [0.3, 0.4) is 0 Å². The van der Waals surface area contributed by atoms with Crippen molar-refractivity contribution in [1.82, 2.24) is 5.32 Å². The minimum absolute atomic E-state index is 0.0991. The SMILES string of the molecule is CSCC[C@H](NCCCO)C(=O)O. The zero-order valence-corrected chi connectivity index (χ0v) is 8.64. The fourth-order valence-electron chi connectivity index (χ4n) is 0.904. The lowest BCUT2D eigenvalue weighted by atomic mass is 10.2. The van der Waals surface area contributed by atoms with Gasteiger partial charge in [-0.2, -0.15) is 11.8 Å². The van der Waals surface area contributed by atoms with Gasteiger partial charge in [0.05, 0.1) is 0 Å². The van der Waals surface area contributed by atoms with Gasteiger partial charge in [0.2, 0.25) is 0 Å². The lowest BCUT2D eigenvalue weighted by Gasteiger charge is -2.12. The Morgan fingerprint density at radius 1 is 1.62 bits per heavy atom. The van der Waals surface area contributed by atoms with Crippen molar-refractivity contribution in [3.8, 4) is 0 Å². The summed E-state index contributed by atoms with van der Waals surface area (Å²) >= 11 is 1.63. The van der Waals surface area contributed by atoms with Crippen LogP contribution in [-0.4, -0.2) is 47.4 Å². The molecule has 0 bridgehead atoms. The first-order valence-corrected chi connectivity index (χ1v) is 5.67. The fourth-order valence-corrected chi connectivity index (χ4v) is 1.38. The van der Waals surface area contributed by atoms with Crippen molar-refractivity contribution in [3.63, 3.8) is 0 Å². The van der Waals surface area contributed by atoms with Crippen molar-refractivity contribution in [3.05, 3.63) is 0 Å². The van der Waals surface area contributed by atoms with E-state index in [1.807, 2.05) is 6.26 Å². The van der Waals surface area contributed by atoms with Gasteiger partial charge in [0.1, 0.15) is 6.04 Å². The summed E-state index contributed by atoms with van der Waals surface area (Å²) in [5.41, 5.74) is 0. The van der Waals surface area contributed by atoms with Gasteiger partial charge in [-0.05, 0) is 31.4 Å². The topological polar surface area (TPSA) is 69.6 Å². The van der Waals surface area contributed by atoms with Gasteiger partial charge >= 0.3 is 5.97 Å². The maximum Gasteiger partial charge on any atom is 0.320 e. The summed E-state index contributed by atoms with van der Waals surface area (Å²) in [7, 11) is 0. The second kappa shape index (κ2) is 8.34. The third-order valence-corrected chi connectivity index (χ3v) is 2.28. The Kier molecular flexibility index (Phi) is 8.18. The van der Waals surface area contributed by atoms with E-state index in [4.69, 9.17) is 10.2 Å².